The zero-order chi connectivity index (χ0) is 11.4. The molecule has 1 aliphatic heterocycles. The molecule has 0 aromatic carbocycles. The van der Waals surface area contributed by atoms with E-state index in [1.54, 1.807) is 18.7 Å². The lowest BCUT2D eigenvalue weighted by Gasteiger charge is -2.20. The molecular formula is C11H17NO3. The minimum atomic E-state index is -0.394. The van der Waals surface area contributed by atoms with Gasteiger partial charge in [0, 0.05) is 18.5 Å². The molecule has 1 heterocycles. The molecule has 0 radical (unpaired) electrons. The van der Waals surface area contributed by atoms with E-state index >= 15 is 0 Å². The lowest BCUT2D eigenvalue weighted by atomic mass is 10.3. The maximum Gasteiger partial charge on any atom is 0.333 e. The number of hydrogen-bond donors (Lipinski definition) is 0. The van der Waals surface area contributed by atoms with Gasteiger partial charge in [0.05, 0.1) is 6.54 Å². The molecule has 0 N–H and O–H groups in total. The standard InChI is InChI=1S/C11H17NO3/c1-8(2)11(14)15-9(3)7-12-6-4-5-10(12)13/h9H,1,4-7H2,2-3H3. The highest BCUT2D eigenvalue weighted by molar-refractivity contribution is 5.87. The second-order valence-corrected chi connectivity index (χ2v) is 3.94. The van der Waals surface area contributed by atoms with E-state index in [1.807, 2.05) is 0 Å². The third kappa shape index (κ3) is 3.38. The summed E-state index contributed by atoms with van der Waals surface area (Å²) < 4.78 is 5.09. The van der Waals surface area contributed by atoms with Crippen LogP contribution in [0, 0.1) is 0 Å². The predicted molar refractivity (Wildman–Crippen MR) is 56.2 cm³/mol. The number of carbonyl (C=O) groups is 2. The molecule has 1 atom stereocenters. The molecule has 1 saturated heterocycles. The zero-order valence-electron chi connectivity index (χ0n) is 9.28. The number of rotatable bonds is 4. The van der Waals surface area contributed by atoms with Crippen LogP contribution in [0.4, 0.5) is 0 Å². The summed E-state index contributed by atoms with van der Waals surface area (Å²) in [4.78, 5) is 24.2. The highest BCUT2D eigenvalue weighted by atomic mass is 16.5. The van der Waals surface area contributed by atoms with Crippen molar-refractivity contribution in [2.75, 3.05) is 13.1 Å². The summed E-state index contributed by atoms with van der Waals surface area (Å²) in [5, 5.41) is 0. The van der Waals surface area contributed by atoms with Gasteiger partial charge in [-0.3, -0.25) is 4.79 Å². The highest BCUT2D eigenvalue weighted by Crippen LogP contribution is 2.11. The number of carbonyl (C=O) groups excluding carboxylic acids is 2. The Labute approximate surface area is 89.9 Å². The molecule has 1 rings (SSSR count). The maximum absolute atomic E-state index is 11.3. The first-order chi connectivity index (χ1) is 7.00. The third-order valence-corrected chi connectivity index (χ3v) is 2.31. The van der Waals surface area contributed by atoms with Crippen LogP contribution >= 0.6 is 0 Å². The average molecular weight is 211 g/mol. The Morgan fingerprint density at radius 1 is 1.67 bits per heavy atom. The summed E-state index contributed by atoms with van der Waals surface area (Å²) in [7, 11) is 0. The first kappa shape index (κ1) is 11.8. The molecule has 15 heavy (non-hydrogen) atoms. The highest BCUT2D eigenvalue weighted by Gasteiger charge is 2.23. The van der Waals surface area contributed by atoms with Crippen LogP contribution in [0.2, 0.25) is 0 Å². The molecule has 1 amide bonds. The quantitative estimate of drug-likeness (QED) is 0.517. The second-order valence-electron chi connectivity index (χ2n) is 3.94. The SMILES string of the molecule is C=C(C)C(=O)OC(C)CN1CCCC1=O. The minimum absolute atomic E-state index is 0.147. The van der Waals surface area contributed by atoms with Crippen LogP contribution in [0.3, 0.4) is 0 Å². The molecule has 0 bridgehead atoms. The number of likely N-dealkylation sites (tertiary alicyclic amines) is 1. The van der Waals surface area contributed by atoms with Crippen molar-refractivity contribution in [3.63, 3.8) is 0 Å². The van der Waals surface area contributed by atoms with Crippen LogP contribution in [-0.4, -0.2) is 36.0 Å². The van der Waals surface area contributed by atoms with Gasteiger partial charge < -0.3 is 9.64 Å². The van der Waals surface area contributed by atoms with Crippen molar-refractivity contribution in [1.82, 2.24) is 4.90 Å². The molecule has 0 spiro atoms. The number of ether oxygens (including phenoxy) is 1. The van der Waals surface area contributed by atoms with E-state index < -0.39 is 5.97 Å². The van der Waals surface area contributed by atoms with Gasteiger partial charge in [0.1, 0.15) is 6.10 Å². The third-order valence-electron chi connectivity index (χ3n) is 2.31. The first-order valence-electron chi connectivity index (χ1n) is 5.15. The van der Waals surface area contributed by atoms with Crippen LogP contribution in [0.25, 0.3) is 0 Å². The molecule has 0 aromatic rings. The van der Waals surface area contributed by atoms with Gasteiger partial charge in [-0.05, 0) is 20.3 Å². The van der Waals surface area contributed by atoms with Gasteiger partial charge in [-0.15, -0.1) is 0 Å². The van der Waals surface area contributed by atoms with E-state index in [-0.39, 0.29) is 12.0 Å². The Kier molecular flexibility index (Phi) is 3.88. The van der Waals surface area contributed by atoms with Gasteiger partial charge in [-0.1, -0.05) is 6.58 Å². The van der Waals surface area contributed by atoms with E-state index in [1.165, 1.54) is 0 Å². The van der Waals surface area contributed by atoms with Crippen molar-refractivity contribution >= 4 is 11.9 Å². The van der Waals surface area contributed by atoms with Gasteiger partial charge in [0.25, 0.3) is 0 Å². The largest absolute Gasteiger partial charge is 0.457 e. The smallest absolute Gasteiger partial charge is 0.333 e. The summed E-state index contributed by atoms with van der Waals surface area (Å²) >= 11 is 0. The Balaban J connectivity index is 2.35. The van der Waals surface area contributed by atoms with Gasteiger partial charge in [0.2, 0.25) is 5.91 Å². The van der Waals surface area contributed by atoms with Crippen LogP contribution in [0.15, 0.2) is 12.2 Å². The Hall–Kier alpha value is -1.32. The second kappa shape index (κ2) is 4.96. The van der Waals surface area contributed by atoms with Crippen molar-refractivity contribution in [3.8, 4) is 0 Å². The van der Waals surface area contributed by atoms with Gasteiger partial charge >= 0.3 is 5.97 Å². The normalized spacial score (nSPS) is 17.7. The Morgan fingerprint density at radius 2 is 2.33 bits per heavy atom. The molecular weight excluding hydrogens is 194 g/mol. The van der Waals surface area contributed by atoms with E-state index in [0.717, 1.165) is 13.0 Å². The predicted octanol–water partition coefficient (Wildman–Crippen LogP) is 1.12. The summed E-state index contributed by atoms with van der Waals surface area (Å²) in [6.07, 6.45) is 1.25. The van der Waals surface area contributed by atoms with E-state index in [2.05, 4.69) is 6.58 Å². The molecule has 0 saturated carbocycles. The van der Waals surface area contributed by atoms with E-state index in [4.69, 9.17) is 4.74 Å². The molecule has 1 unspecified atom stereocenters. The number of amides is 1. The first-order valence-corrected chi connectivity index (χ1v) is 5.15. The van der Waals surface area contributed by atoms with Gasteiger partial charge in [-0.25, -0.2) is 4.79 Å². The summed E-state index contributed by atoms with van der Waals surface area (Å²) in [6, 6.07) is 0. The number of esters is 1. The summed E-state index contributed by atoms with van der Waals surface area (Å²) in [5.41, 5.74) is 0.384. The molecule has 4 heteroatoms. The molecule has 0 aromatic heterocycles. The molecule has 1 aliphatic rings. The fourth-order valence-electron chi connectivity index (χ4n) is 1.53. The Bertz CT molecular complexity index is 286. The lowest BCUT2D eigenvalue weighted by molar-refractivity contribution is -0.146. The van der Waals surface area contributed by atoms with Crippen molar-refractivity contribution in [2.24, 2.45) is 0 Å². The van der Waals surface area contributed by atoms with Gasteiger partial charge in [-0.2, -0.15) is 0 Å². The van der Waals surface area contributed by atoms with Crippen LogP contribution in [0.1, 0.15) is 26.7 Å². The van der Waals surface area contributed by atoms with Crippen molar-refractivity contribution in [2.45, 2.75) is 32.8 Å². The van der Waals surface area contributed by atoms with Crippen molar-refractivity contribution in [1.29, 1.82) is 0 Å². The molecule has 1 fully saturated rings. The topological polar surface area (TPSA) is 46.6 Å². The Morgan fingerprint density at radius 3 is 2.80 bits per heavy atom. The molecule has 0 aliphatic carbocycles. The molecule has 4 nitrogen and oxygen atoms in total. The molecule has 84 valence electrons. The van der Waals surface area contributed by atoms with Crippen molar-refractivity contribution in [3.05, 3.63) is 12.2 Å². The van der Waals surface area contributed by atoms with Gasteiger partial charge in [0.15, 0.2) is 0 Å². The summed E-state index contributed by atoms with van der Waals surface area (Å²) in [6.45, 7) is 8.15. The number of nitrogens with zero attached hydrogens (tertiary/aromatic N) is 1. The van der Waals surface area contributed by atoms with E-state index in [0.29, 0.717) is 18.5 Å². The fourth-order valence-corrected chi connectivity index (χ4v) is 1.53. The zero-order valence-corrected chi connectivity index (χ0v) is 9.28. The average Bonchev–Trinajstić information content (AvgIpc) is 2.51. The van der Waals surface area contributed by atoms with Crippen LogP contribution in [-0.2, 0) is 14.3 Å². The number of hydrogen-bond acceptors (Lipinski definition) is 3. The fraction of sp³-hybridized carbons (Fsp3) is 0.636. The van der Waals surface area contributed by atoms with Crippen LogP contribution < -0.4 is 0 Å². The maximum atomic E-state index is 11.3. The monoisotopic (exact) mass is 211 g/mol. The van der Waals surface area contributed by atoms with Crippen molar-refractivity contribution < 1.29 is 14.3 Å². The summed E-state index contributed by atoms with van der Waals surface area (Å²) in [5.74, 6) is -0.248. The lowest BCUT2D eigenvalue weighted by Crippen LogP contribution is -2.34. The minimum Gasteiger partial charge on any atom is -0.457 e. The van der Waals surface area contributed by atoms with E-state index in [9.17, 15) is 9.59 Å². The van der Waals surface area contributed by atoms with Crippen LogP contribution in [0.5, 0.6) is 0 Å².